The Kier molecular flexibility index (Phi) is 9.97. The first kappa shape index (κ1) is 33.3. The lowest BCUT2D eigenvalue weighted by molar-refractivity contribution is -0.129. The van der Waals surface area contributed by atoms with Crippen molar-refractivity contribution in [2.45, 2.75) is 136 Å². The average molecular weight is 558 g/mol. The van der Waals surface area contributed by atoms with Crippen LogP contribution in [0.3, 0.4) is 0 Å². The van der Waals surface area contributed by atoms with Crippen molar-refractivity contribution in [3.63, 3.8) is 0 Å². The van der Waals surface area contributed by atoms with Gasteiger partial charge in [-0.25, -0.2) is 0 Å². The van der Waals surface area contributed by atoms with Gasteiger partial charge in [-0.15, -0.1) is 0 Å². The highest BCUT2D eigenvalue weighted by Gasteiger charge is 2.50. The van der Waals surface area contributed by atoms with Gasteiger partial charge in [0, 0.05) is 19.4 Å². The van der Waals surface area contributed by atoms with Crippen molar-refractivity contribution in [1.29, 1.82) is 0 Å². The van der Waals surface area contributed by atoms with Crippen molar-refractivity contribution < 1.29 is 22.9 Å². The summed E-state index contributed by atoms with van der Waals surface area (Å²) in [5.74, 6) is -0.288. The Morgan fingerprint density at radius 3 is 1.67 bits per heavy atom. The normalized spacial score (nSPS) is 21.1. The minimum absolute atomic E-state index is 0.0500. The van der Waals surface area contributed by atoms with Crippen LogP contribution in [0.4, 0.5) is 0 Å². The molecule has 1 aliphatic rings. The van der Waals surface area contributed by atoms with E-state index in [2.05, 4.69) is 107 Å². The predicted octanol–water partition coefficient (Wildman–Crippen LogP) is 7.36. The summed E-state index contributed by atoms with van der Waals surface area (Å²) in [6.45, 7) is 34.5. The van der Waals surface area contributed by atoms with E-state index in [1.54, 1.807) is 0 Å². The number of rotatable bonds is 8. The third-order valence-electron chi connectivity index (χ3n) is 8.83. The summed E-state index contributed by atoms with van der Waals surface area (Å²) in [7, 11) is -6.68. The summed E-state index contributed by atoms with van der Waals surface area (Å²) in [5, 5.41) is 2.83. The lowest BCUT2D eigenvalue weighted by Gasteiger charge is -2.45. The number of ketones is 1. The van der Waals surface area contributed by atoms with Gasteiger partial charge in [0.2, 0.25) is 11.7 Å². The zero-order valence-corrected chi connectivity index (χ0v) is 29.1. The number of carbonyl (C=O) groups excluding carboxylic acids is 2. The summed E-state index contributed by atoms with van der Waals surface area (Å²) in [6.07, 6.45) is -0.184. The zero-order valence-electron chi connectivity index (χ0n) is 26.1. The Hall–Kier alpha value is -0.749. The Morgan fingerprint density at radius 2 is 1.28 bits per heavy atom. The third kappa shape index (κ3) is 7.88. The molecule has 9 heteroatoms. The molecule has 1 amide bonds. The fourth-order valence-electron chi connectivity index (χ4n) is 3.12. The van der Waals surface area contributed by atoms with Crippen LogP contribution < -0.4 is 5.32 Å². The van der Waals surface area contributed by atoms with Crippen molar-refractivity contribution in [3.05, 3.63) is 11.5 Å². The Bertz CT molecular complexity index is 858. The molecule has 0 saturated carbocycles. The molecule has 0 fully saturated rings. The van der Waals surface area contributed by atoms with Crippen LogP contribution in [0.5, 0.6) is 0 Å². The highest BCUT2D eigenvalue weighted by Crippen LogP contribution is 2.44. The van der Waals surface area contributed by atoms with Crippen molar-refractivity contribution >= 4 is 36.6 Å². The van der Waals surface area contributed by atoms with Gasteiger partial charge >= 0.3 is 0 Å². The van der Waals surface area contributed by atoms with E-state index in [0.29, 0.717) is 18.7 Å². The molecule has 0 aromatic rings. The first-order valence-electron chi connectivity index (χ1n) is 13.3. The van der Waals surface area contributed by atoms with Crippen molar-refractivity contribution in [3.8, 4) is 0 Å². The van der Waals surface area contributed by atoms with E-state index in [1.807, 2.05) is 0 Å². The summed E-state index contributed by atoms with van der Waals surface area (Å²) < 4.78 is 20.0. The van der Waals surface area contributed by atoms with Gasteiger partial charge in [-0.2, -0.15) is 0 Å². The van der Waals surface area contributed by atoms with Crippen LogP contribution in [0.2, 0.25) is 54.4 Å². The highest BCUT2D eigenvalue weighted by atomic mass is 28.4. The predicted molar refractivity (Wildman–Crippen MR) is 157 cm³/mol. The molecule has 0 aromatic carbocycles. The molecule has 0 heterocycles. The molecule has 0 radical (unpaired) electrons. The van der Waals surface area contributed by atoms with Gasteiger partial charge < -0.3 is 18.6 Å². The molecule has 2 atom stereocenters. The lowest BCUT2D eigenvalue weighted by Crippen LogP contribution is -2.54. The van der Waals surface area contributed by atoms with Crippen LogP contribution in [0.25, 0.3) is 0 Å². The van der Waals surface area contributed by atoms with Gasteiger partial charge in [0.05, 0.1) is 5.70 Å². The number of hydrogen-bond donors (Lipinski definition) is 1. The molecule has 0 spiro atoms. The van der Waals surface area contributed by atoms with Gasteiger partial charge in [-0.05, 0) is 60.8 Å². The monoisotopic (exact) mass is 557 g/mol. The quantitative estimate of drug-likeness (QED) is 0.316. The topological polar surface area (TPSA) is 73.9 Å². The molecule has 1 N–H and O–H groups in total. The van der Waals surface area contributed by atoms with Crippen LogP contribution in [-0.4, -0.2) is 49.4 Å². The maximum atomic E-state index is 14.2. The summed E-state index contributed by atoms with van der Waals surface area (Å²) in [4.78, 5) is 26.4. The van der Waals surface area contributed by atoms with Crippen LogP contribution in [-0.2, 0) is 22.9 Å². The van der Waals surface area contributed by atoms with Crippen LogP contribution in [0, 0.1) is 5.92 Å². The lowest BCUT2D eigenvalue weighted by atomic mass is 9.87. The van der Waals surface area contributed by atoms with Gasteiger partial charge in [0.15, 0.2) is 22.4 Å². The van der Waals surface area contributed by atoms with Gasteiger partial charge in [-0.1, -0.05) is 62.3 Å². The van der Waals surface area contributed by atoms with E-state index in [1.165, 1.54) is 6.92 Å². The molecule has 6 nitrogen and oxygen atoms in total. The molecule has 0 saturated heterocycles. The molecule has 0 aliphatic heterocycles. The van der Waals surface area contributed by atoms with Gasteiger partial charge in [0.25, 0.3) is 8.32 Å². The number of amides is 1. The van der Waals surface area contributed by atoms with E-state index in [4.69, 9.17) is 13.3 Å². The van der Waals surface area contributed by atoms with Crippen LogP contribution in [0.1, 0.15) is 75.7 Å². The maximum absolute atomic E-state index is 14.2. The summed E-state index contributed by atoms with van der Waals surface area (Å²) in [5.41, 5.74) is 0.566. The van der Waals surface area contributed by atoms with E-state index in [-0.39, 0.29) is 38.5 Å². The largest absolute Gasteiger partial charge is 0.540 e. The zero-order chi connectivity index (χ0) is 28.7. The molecule has 1 aliphatic carbocycles. The minimum atomic E-state index is -2.35. The average Bonchev–Trinajstić information content (AvgIpc) is 2.62. The fraction of sp³-hybridized carbons (Fsp3) is 0.852. The first-order valence-corrected chi connectivity index (χ1v) is 22.0. The molecule has 0 aromatic heterocycles. The van der Waals surface area contributed by atoms with Crippen molar-refractivity contribution in [1.82, 2.24) is 5.32 Å². The molecule has 0 bridgehead atoms. The third-order valence-corrected chi connectivity index (χ3v) is 22.1. The number of allylic oxidation sites excluding steroid dienone is 1. The standard InChI is InChI=1S/C27H55NO5Si3/c1-19(29)28-21-17-20(18-31-34(11,12)25(2,3)4)23(32-35(13,14)26(5,6)7)22(30)24(21)33-36(15,16)27(8,9)10/h20,23H,17-18H2,1-16H3,(H,28,29)/t20-,23-/m1/s1. The Balaban J connectivity index is 3.60. The molecular formula is C27H55NO5Si3. The van der Waals surface area contributed by atoms with E-state index >= 15 is 0 Å². The number of Topliss-reactive ketones (excluding diaryl/α,β-unsaturated/α-hetero) is 1. The van der Waals surface area contributed by atoms with Crippen LogP contribution in [0.15, 0.2) is 11.5 Å². The summed E-state index contributed by atoms with van der Waals surface area (Å²) in [6, 6.07) is 0. The highest BCUT2D eigenvalue weighted by molar-refractivity contribution is 6.75. The second-order valence-corrected chi connectivity index (χ2v) is 29.3. The van der Waals surface area contributed by atoms with Crippen molar-refractivity contribution in [2.24, 2.45) is 5.92 Å². The maximum Gasteiger partial charge on any atom is 0.250 e. The van der Waals surface area contributed by atoms with Crippen LogP contribution >= 0.6 is 0 Å². The second-order valence-electron chi connectivity index (χ2n) is 15.0. The van der Waals surface area contributed by atoms with E-state index in [0.717, 1.165) is 0 Å². The summed E-state index contributed by atoms with van der Waals surface area (Å²) >= 11 is 0. The Labute approximate surface area is 224 Å². The SMILES string of the molecule is CC(=O)NC1=C(O[Si](C)(C)C(C)(C)C)C(=O)[C@H](O[Si](C)(C)C(C)(C)C)[C@@H](CO[Si](C)(C)C(C)(C)C)C1. The smallest absolute Gasteiger partial charge is 0.250 e. The van der Waals surface area contributed by atoms with E-state index < -0.39 is 31.1 Å². The molecule has 0 unspecified atom stereocenters. The molecule has 36 heavy (non-hydrogen) atoms. The van der Waals surface area contributed by atoms with Crippen molar-refractivity contribution in [2.75, 3.05) is 6.61 Å². The molecular weight excluding hydrogens is 503 g/mol. The first-order chi connectivity index (χ1) is 15.7. The second kappa shape index (κ2) is 10.8. The number of hydrogen-bond acceptors (Lipinski definition) is 5. The number of carbonyl (C=O) groups is 2. The number of nitrogens with one attached hydrogen (secondary N) is 1. The molecule has 210 valence electrons. The van der Waals surface area contributed by atoms with E-state index in [9.17, 15) is 9.59 Å². The van der Waals surface area contributed by atoms with Gasteiger partial charge in [-0.3, -0.25) is 9.59 Å². The fourth-order valence-corrected chi connectivity index (χ4v) is 6.51. The van der Waals surface area contributed by atoms with Gasteiger partial charge in [0.1, 0.15) is 6.10 Å². The molecule has 1 rings (SSSR count). The minimum Gasteiger partial charge on any atom is -0.540 e. The Morgan fingerprint density at radius 1 is 0.833 bits per heavy atom.